The number of ether oxygens (including phenoxy) is 1. The van der Waals surface area contributed by atoms with Crippen LogP contribution in [0.1, 0.15) is 6.42 Å². The molecule has 0 bridgehead atoms. The van der Waals surface area contributed by atoms with Crippen LogP contribution in [0.2, 0.25) is 0 Å². The van der Waals surface area contributed by atoms with Gasteiger partial charge in [-0.15, -0.1) is 38.0 Å². The number of guanidine groups is 2. The van der Waals surface area contributed by atoms with Crippen molar-refractivity contribution in [1.29, 1.82) is 0 Å². The van der Waals surface area contributed by atoms with Gasteiger partial charge in [0.05, 0.1) is 5.69 Å². The zero-order valence-electron chi connectivity index (χ0n) is 12.9. The van der Waals surface area contributed by atoms with Gasteiger partial charge in [-0.3, -0.25) is 0 Å². The molecule has 11 heteroatoms. The minimum absolute atomic E-state index is 0. The normalized spacial score (nSPS) is 15.2. The Labute approximate surface area is 155 Å². The molecule has 0 unspecified atom stereocenters. The summed E-state index contributed by atoms with van der Waals surface area (Å²) >= 11 is 0. The summed E-state index contributed by atoms with van der Waals surface area (Å²) in [5.74, 6) is -0.174. The van der Waals surface area contributed by atoms with Crippen LogP contribution >= 0.6 is 24.8 Å². The van der Waals surface area contributed by atoms with Crippen molar-refractivity contribution in [3.63, 3.8) is 0 Å². The van der Waals surface area contributed by atoms with E-state index in [4.69, 9.17) is 11.5 Å². The van der Waals surface area contributed by atoms with E-state index >= 15 is 0 Å². The van der Waals surface area contributed by atoms with Crippen molar-refractivity contribution in [1.82, 2.24) is 4.90 Å². The lowest BCUT2D eigenvalue weighted by atomic mass is 10.3. The van der Waals surface area contributed by atoms with E-state index in [1.54, 1.807) is 0 Å². The summed E-state index contributed by atoms with van der Waals surface area (Å²) in [6, 6.07) is 4.96. The van der Waals surface area contributed by atoms with Crippen molar-refractivity contribution >= 4 is 42.4 Å². The molecule has 0 spiro atoms. The van der Waals surface area contributed by atoms with E-state index in [9.17, 15) is 13.2 Å². The molecule has 0 amide bonds. The molecule has 0 radical (unpaired) electrons. The molecule has 1 aliphatic heterocycles. The summed E-state index contributed by atoms with van der Waals surface area (Å²) in [6.07, 6.45) is 0.157. The lowest BCUT2D eigenvalue weighted by Crippen LogP contribution is -2.40. The van der Waals surface area contributed by atoms with E-state index < -0.39 is 6.36 Å². The molecule has 6 nitrogen and oxygen atoms in total. The Morgan fingerprint density at radius 2 is 1.72 bits per heavy atom. The van der Waals surface area contributed by atoms with Gasteiger partial charge >= 0.3 is 6.36 Å². The number of aliphatic imine (C=N–C) groups is 2. The van der Waals surface area contributed by atoms with Gasteiger partial charge in [0.25, 0.3) is 0 Å². The maximum absolute atomic E-state index is 12.1. The molecular formula is C14H18Cl2F3N5O. The summed E-state index contributed by atoms with van der Waals surface area (Å²) < 4.78 is 39.9. The van der Waals surface area contributed by atoms with Crippen molar-refractivity contribution < 1.29 is 17.9 Å². The standard InChI is InChI=1S/C14H16F3N5O.2ClH/c15-14(16,17)23-11-6-4-10(5-7-11)20-12(18)21-13(19)22-8-2-1-3-9-22;;/h1-2,4-7H,3,8-9H2,(H4,18,19,20,21);2*1H. The Bertz CT molecular complexity index is 632. The van der Waals surface area contributed by atoms with Gasteiger partial charge in [0, 0.05) is 13.1 Å². The minimum atomic E-state index is -4.73. The van der Waals surface area contributed by atoms with Crippen molar-refractivity contribution in [3.8, 4) is 5.75 Å². The highest BCUT2D eigenvalue weighted by molar-refractivity contribution is 5.94. The van der Waals surface area contributed by atoms with Crippen LogP contribution in [-0.2, 0) is 0 Å². The second-order valence-corrected chi connectivity index (χ2v) is 4.69. The van der Waals surface area contributed by atoms with E-state index in [1.165, 1.54) is 12.1 Å². The van der Waals surface area contributed by atoms with E-state index in [1.807, 2.05) is 17.1 Å². The number of alkyl halides is 3. The van der Waals surface area contributed by atoms with Gasteiger partial charge in [0.1, 0.15) is 5.75 Å². The average Bonchev–Trinajstić information content (AvgIpc) is 2.48. The maximum atomic E-state index is 12.1. The molecule has 0 saturated carbocycles. The first kappa shape index (κ1) is 22.9. The second-order valence-electron chi connectivity index (χ2n) is 4.69. The largest absolute Gasteiger partial charge is 0.573 e. The first-order chi connectivity index (χ1) is 10.8. The summed E-state index contributed by atoms with van der Waals surface area (Å²) in [5.41, 5.74) is 11.9. The fourth-order valence-corrected chi connectivity index (χ4v) is 1.92. The zero-order chi connectivity index (χ0) is 16.9. The quantitative estimate of drug-likeness (QED) is 0.454. The lowest BCUT2D eigenvalue weighted by molar-refractivity contribution is -0.274. The highest BCUT2D eigenvalue weighted by atomic mass is 35.5. The molecule has 0 saturated heterocycles. The summed E-state index contributed by atoms with van der Waals surface area (Å²) in [4.78, 5) is 9.79. The second kappa shape index (κ2) is 10.00. The SMILES string of the molecule is Cl.Cl.NC(=Nc1ccc(OC(F)(F)F)cc1)/N=C(/N)N1CC=CCC1. The number of hydrogen-bond donors (Lipinski definition) is 2. The lowest BCUT2D eigenvalue weighted by Gasteiger charge is -2.23. The Kier molecular flexibility index (Phi) is 9.14. The highest BCUT2D eigenvalue weighted by Gasteiger charge is 2.30. The fourth-order valence-electron chi connectivity index (χ4n) is 1.92. The highest BCUT2D eigenvalue weighted by Crippen LogP contribution is 2.24. The number of hydrogen-bond acceptors (Lipinski definition) is 2. The maximum Gasteiger partial charge on any atom is 0.573 e. The summed E-state index contributed by atoms with van der Waals surface area (Å²) in [6.45, 7) is 1.38. The van der Waals surface area contributed by atoms with E-state index in [-0.39, 0.29) is 42.5 Å². The van der Waals surface area contributed by atoms with Crippen LogP contribution < -0.4 is 16.2 Å². The number of nitrogens with zero attached hydrogens (tertiary/aromatic N) is 3. The molecule has 0 aliphatic carbocycles. The molecular weight excluding hydrogens is 382 g/mol. The van der Waals surface area contributed by atoms with Crippen LogP contribution in [0.5, 0.6) is 5.75 Å². The number of halogens is 5. The Hall–Kier alpha value is -2.13. The van der Waals surface area contributed by atoms with Crippen LogP contribution in [0.25, 0.3) is 0 Å². The van der Waals surface area contributed by atoms with Crippen LogP contribution in [0.3, 0.4) is 0 Å². The average molecular weight is 400 g/mol. The van der Waals surface area contributed by atoms with Gasteiger partial charge in [-0.1, -0.05) is 12.2 Å². The van der Waals surface area contributed by atoms with Gasteiger partial charge in [0.15, 0.2) is 5.96 Å². The van der Waals surface area contributed by atoms with Crippen LogP contribution in [0.4, 0.5) is 18.9 Å². The molecule has 1 aromatic rings. The van der Waals surface area contributed by atoms with Crippen molar-refractivity contribution in [2.24, 2.45) is 21.5 Å². The first-order valence-corrected chi connectivity index (χ1v) is 6.77. The Morgan fingerprint density at radius 3 is 2.24 bits per heavy atom. The van der Waals surface area contributed by atoms with Crippen molar-refractivity contribution in [2.75, 3.05) is 13.1 Å². The molecule has 25 heavy (non-hydrogen) atoms. The summed E-state index contributed by atoms with van der Waals surface area (Å²) in [7, 11) is 0. The molecule has 2 rings (SSSR count). The number of rotatable bonds is 2. The third-order valence-corrected chi connectivity index (χ3v) is 2.93. The van der Waals surface area contributed by atoms with Gasteiger partial charge in [-0.2, -0.15) is 4.99 Å². The van der Waals surface area contributed by atoms with E-state index in [0.29, 0.717) is 12.2 Å². The monoisotopic (exact) mass is 399 g/mol. The summed E-state index contributed by atoms with van der Waals surface area (Å²) in [5, 5.41) is 0. The molecule has 0 atom stereocenters. The molecule has 0 aromatic heterocycles. The van der Waals surface area contributed by atoms with Crippen LogP contribution in [0.15, 0.2) is 46.4 Å². The molecule has 0 fully saturated rings. The fraction of sp³-hybridized carbons (Fsp3) is 0.286. The molecule has 1 aliphatic rings. The van der Waals surface area contributed by atoms with Crippen LogP contribution in [0, 0.1) is 0 Å². The number of nitrogens with two attached hydrogens (primary N) is 2. The first-order valence-electron chi connectivity index (χ1n) is 6.77. The van der Waals surface area contributed by atoms with Crippen molar-refractivity contribution in [2.45, 2.75) is 12.8 Å². The third-order valence-electron chi connectivity index (χ3n) is 2.93. The Morgan fingerprint density at radius 1 is 1.08 bits per heavy atom. The third kappa shape index (κ3) is 7.99. The predicted molar refractivity (Wildman–Crippen MR) is 95.9 cm³/mol. The molecule has 1 aromatic carbocycles. The smallest absolute Gasteiger partial charge is 0.406 e. The Balaban J connectivity index is 0.00000288. The number of benzene rings is 1. The van der Waals surface area contributed by atoms with E-state index in [2.05, 4.69) is 14.7 Å². The van der Waals surface area contributed by atoms with Crippen molar-refractivity contribution in [3.05, 3.63) is 36.4 Å². The minimum Gasteiger partial charge on any atom is -0.406 e. The zero-order valence-corrected chi connectivity index (χ0v) is 14.6. The van der Waals surface area contributed by atoms with Gasteiger partial charge in [0.2, 0.25) is 5.96 Å². The predicted octanol–water partition coefficient (Wildman–Crippen LogP) is 2.95. The van der Waals surface area contributed by atoms with E-state index in [0.717, 1.165) is 25.1 Å². The van der Waals surface area contributed by atoms with Crippen LogP contribution in [-0.4, -0.2) is 36.3 Å². The van der Waals surface area contributed by atoms with Gasteiger partial charge < -0.3 is 21.1 Å². The van der Waals surface area contributed by atoms with Gasteiger partial charge in [-0.05, 0) is 30.7 Å². The van der Waals surface area contributed by atoms with Gasteiger partial charge in [-0.25, -0.2) is 4.99 Å². The molecule has 1 heterocycles. The topological polar surface area (TPSA) is 89.2 Å². The molecule has 4 N–H and O–H groups in total. The molecule has 140 valence electrons.